The van der Waals surface area contributed by atoms with Crippen molar-refractivity contribution in [3.63, 3.8) is 0 Å². The molecule has 0 radical (unpaired) electrons. The van der Waals surface area contributed by atoms with Gasteiger partial charge in [-0.2, -0.15) is 0 Å². The zero-order valence-electron chi connectivity index (χ0n) is 12.4. The van der Waals surface area contributed by atoms with Gasteiger partial charge in [0.25, 0.3) is 5.91 Å². The molecule has 1 saturated heterocycles. The van der Waals surface area contributed by atoms with Gasteiger partial charge in [0.2, 0.25) is 0 Å². The number of ether oxygens (including phenoxy) is 1. The number of nitrogens with zero attached hydrogens (tertiary/aromatic N) is 2. The number of hydrogen-bond acceptors (Lipinski definition) is 5. The molecular weight excluding hydrogens is 316 g/mol. The molecule has 6 heteroatoms. The summed E-state index contributed by atoms with van der Waals surface area (Å²) in [6, 6.07) is 4.33. The van der Waals surface area contributed by atoms with Gasteiger partial charge < -0.3 is 9.64 Å². The lowest BCUT2D eigenvalue weighted by Gasteiger charge is -2.37. The Morgan fingerprint density at radius 3 is 3.18 bits per heavy atom. The third-order valence-corrected chi connectivity index (χ3v) is 6.65. The highest BCUT2D eigenvalue weighted by atomic mass is 32.1. The third kappa shape index (κ3) is 2.39. The monoisotopic (exact) mass is 334 g/mol. The van der Waals surface area contributed by atoms with Gasteiger partial charge in [0.1, 0.15) is 9.88 Å². The number of thiophene rings is 1. The highest BCUT2D eigenvalue weighted by Crippen LogP contribution is 2.35. The molecule has 1 saturated carbocycles. The topological polar surface area (TPSA) is 42.4 Å². The standard InChI is InChI=1S/C16H18N2O2S2/c1-10-14(22-15(17-10)13-6-3-9-21-13)16(19)18-7-8-20-12-5-2-4-11(12)18/h3,6,9,11-12H,2,4-5,7-8H2,1H3. The van der Waals surface area contributed by atoms with Crippen LogP contribution in [0, 0.1) is 6.92 Å². The first-order valence-electron chi connectivity index (χ1n) is 7.68. The number of amides is 1. The predicted molar refractivity (Wildman–Crippen MR) is 88.6 cm³/mol. The number of fused-ring (bicyclic) bond motifs is 1. The van der Waals surface area contributed by atoms with Crippen LogP contribution in [0.2, 0.25) is 0 Å². The van der Waals surface area contributed by atoms with E-state index in [0.29, 0.717) is 13.2 Å². The average Bonchev–Trinajstić information content (AvgIpc) is 3.25. The Morgan fingerprint density at radius 1 is 1.45 bits per heavy atom. The first-order valence-corrected chi connectivity index (χ1v) is 9.37. The minimum absolute atomic E-state index is 0.137. The molecule has 4 nitrogen and oxygen atoms in total. The zero-order valence-corrected chi connectivity index (χ0v) is 14.1. The van der Waals surface area contributed by atoms with Crippen LogP contribution in [-0.2, 0) is 4.74 Å². The van der Waals surface area contributed by atoms with Crippen LogP contribution in [0.1, 0.15) is 34.6 Å². The molecule has 2 aromatic heterocycles. The number of carbonyl (C=O) groups excluding carboxylic acids is 1. The summed E-state index contributed by atoms with van der Waals surface area (Å²) in [5.41, 5.74) is 0.847. The van der Waals surface area contributed by atoms with Gasteiger partial charge in [-0.15, -0.1) is 22.7 Å². The van der Waals surface area contributed by atoms with Gasteiger partial charge in [-0.3, -0.25) is 4.79 Å². The van der Waals surface area contributed by atoms with Crippen molar-refractivity contribution >= 4 is 28.6 Å². The van der Waals surface area contributed by atoms with Crippen molar-refractivity contribution in [3.8, 4) is 9.88 Å². The number of aromatic nitrogens is 1. The number of carbonyl (C=O) groups is 1. The minimum atomic E-state index is 0.137. The fraction of sp³-hybridized carbons (Fsp3) is 0.500. The van der Waals surface area contributed by atoms with E-state index < -0.39 is 0 Å². The van der Waals surface area contributed by atoms with Crippen LogP contribution in [0.25, 0.3) is 9.88 Å². The van der Waals surface area contributed by atoms with Gasteiger partial charge in [0.05, 0.1) is 29.3 Å². The lowest BCUT2D eigenvalue weighted by molar-refractivity contribution is -0.0444. The van der Waals surface area contributed by atoms with Crippen molar-refractivity contribution in [1.29, 1.82) is 0 Å². The molecule has 1 amide bonds. The Kier molecular flexibility index (Phi) is 3.76. The van der Waals surface area contributed by atoms with E-state index in [1.165, 1.54) is 11.3 Å². The zero-order chi connectivity index (χ0) is 15.1. The molecule has 0 spiro atoms. The molecule has 0 bridgehead atoms. The molecule has 116 valence electrons. The first kappa shape index (κ1) is 14.4. The highest BCUT2D eigenvalue weighted by Gasteiger charge is 2.39. The summed E-state index contributed by atoms with van der Waals surface area (Å²) >= 11 is 3.18. The van der Waals surface area contributed by atoms with Crippen molar-refractivity contribution in [2.24, 2.45) is 0 Å². The van der Waals surface area contributed by atoms with Crippen LogP contribution in [0.5, 0.6) is 0 Å². The van der Waals surface area contributed by atoms with E-state index >= 15 is 0 Å². The summed E-state index contributed by atoms with van der Waals surface area (Å²) in [6.07, 6.45) is 3.53. The van der Waals surface area contributed by atoms with Gasteiger partial charge >= 0.3 is 0 Å². The second-order valence-electron chi connectivity index (χ2n) is 5.82. The Morgan fingerprint density at radius 2 is 2.36 bits per heavy atom. The summed E-state index contributed by atoms with van der Waals surface area (Å²) in [5, 5.41) is 2.99. The van der Waals surface area contributed by atoms with E-state index in [1.54, 1.807) is 11.3 Å². The maximum absolute atomic E-state index is 13.0. The van der Waals surface area contributed by atoms with E-state index in [4.69, 9.17) is 4.74 Å². The Balaban J connectivity index is 1.62. The second kappa shape index (κ2) is 5.76. The smallest absolute Gasteiger partial charge is 0.266 e. The molecule has 1 aliphatic heterocycles. The number of hydrogen-bond donors (Lipinski definition) is 0. The van der Waals surface area contributed by atoms with Crippen LogP contribution in [0.3, 0.4) is 0 Å². The molecule has 0 N–H and O–H groups in total. The Hall–Kier alpha value is -1.24. The highest BCUT2D eigenvalue weighted by molar-refractivity contribution is 7.22. The number of morpholine rings is 1. The van der Waals surface area contributed by atoms with Gasteiger partial charge in [-0.1, -0.05) is 6.07 Å². The lowest BCUT2D eigenvalue weighted by Crippen LogP contribution is -2.51. The molecule has 0 aromatic carbocycles. The molecular formula is C16H18N2O2S2. The van der Waals surface area contributed by atoms with E-state index in [1.807, 2.05) is 23.3 Å². The summed E-state index contributed by atoms with van der Waals surface area (Å²) in [4.78, 5) is 21.5. The Labute approximate surface area is 137 Å². The fourth-order valence-corrected chi connectivity index (χ4v) is 5.23. The molecule has 2 unspecified atom stereocenters. The van der Waals surface area contributed by atoms with Crippen molar-refractivity contribution in [2.45, 2.75) is 38.3 Å². The minimum Gasteiger partial charge on any atom is -0.374 e. The summed E-state index contributed by atoms with van der Waals surface area (Å²) < 4.78 is 5.81. The van der Waals surface area contributed by atoms with Crippen molar-refractivity contribution in [1.82, 2.24) is 9.88 Å². The summed E-state index contributed by atoms with van der Waals surface area (Å²) in [6.45, 7) is 3.29. The average molecular weight is 334 g/mol. The van der Waals surface area contributed by atoms with Crippen LogP contribution in [0.15, 0.2) is 17.5 Å². The molecule has 2 aromatic rings. The quantitative estimate of drug-likeness (QED) is 0.843. The first-order chi connectivity index (χ1) is 10.7. The number of rotatable bonds is 2. The van der Waals surface area contributed by atoms with Gasteiger partial charge in [-0.05, 0) is 37.6 Å². The second-order valence-corrected chi connectivity index (χ2v) is 7.76. The molecule has 4 rings (SSSR count). The van der Waals surface area contributed by atoms with Gasteiger partial charge in [0, 0.05) is 6.54 Å². The maximum atomic E-state index is 13.0. The summed E-state index contributed by atoms with van der Waals surface area (Å²) in [7, 11) is 0. The molecule has 2 aliphatic rings. The van der Waals surface area contributed by atoms with E-state index in [2.05, 4.69) is 11.1 Å². The maximum Gasteiger partial charge on any atom is 0.266 e. The molecule has 1 aliphatic carbocycles. The number of thiazole rings is 1. The predicted octanol–water partition coefficient (Wildman–Crippen LogP) is 3.57. The molecule has 2 fully saturated rings. The Bertz CT molecular complexity index is 680. The molecule has 22 heavy (non-hydrogen) atoms. The van der Waals surface area contributed by atoms with Crippen molar-refractivity contribution in [3.05, 3.63) is 28.1 Å². The third-order valence-electron chi connectivity index (χ3n) is 4.47. The lowest BCUT2D eigenvalue weighted by atomic mass is 10.1. The number of aryl methyl sites for hydroxylation is 1. The fourth-order valence-electron chi connectivity index (χ4n) is 3.41. The van der Waals surface area contributed by atoms with Crippen LogP contribution in [-0.4, -0.2) is 41.1 Å². The van der Waals surface area contributed by atoms with Crippen LogP contribution < -0.4 is 0 Å². The molecule has 3 heterocycles. The van der Waals surface area contributed by atoms with Crippen LogP contribution in [0.4, 0.5) is 0 Å². The van der Waals surface area contributed by atoms with E-state index in [0.717, 1.165) is 39.7 Å². The largest absolute Gasteiger partial charge is 0.374 e. The van der Waals surface area contributed by atoms with Gasteiger partial charge in [-0.25, -0.2) is 4.98 Å². The van der Waals surface area contributed by atoms with Crippen molar-refractivity contribution in [2.75, 3.05) is 13.2 Å². The van der Waals surface area contributed by atoms with E-state index in [9.17, 15) is 4.79 Å². The SMILES string of the molecule is Cc1nc(-c2cccs2)sc1C(=O)N1CCOC2CCCC21. The normalized spacial score (nSPS) is 24.5. The van der Waals surface area contributed by atoms with Crippen LogP contribution >= 0.6 is 22.7 Å². The van der Waals surface area contributed by atoms with Gasteiger partial charge in [0.15, 0.2) is 0 Å². The van der Waals surface area contributed by atoms with E-state index in [-0.39, 0.29) is 18.1 Å². The summed E-state index contributed by atoms with van der Waals surface area (Å²) in [5.74, 6) is 0.137. The van der Waals surface area contributed by atoms with Crippen molar-refractivity contribution < 1.29 is 9.53 Å². The molecule has 2 atom stereocenters.